The largest absolute Gasteiger partial charge is 0.382 e. The summed E-state index contributed by atoms with van der Waals surface area (Å²) in [7, 11) is 1.50. The molecule has 4 N–H and O–H groups in total. The molecule has 0 radical (unpaired) electrons. The van der Waals surface area contributed by atoms with Gasteiger partial charge in [-0.2, -0.15) is 0 Å². The van der Waals surface area contributed by atoms with Gasteiger partial charge in [0.1, 0.15) is 5.54 Å². The first-order valence-corrected chi connectivity index (χ1v) is 4.70. The van der Waals surface area contributed by atoms with Gasteiger partial charge in [0.25, 0.3) is 0 Å². The van der Waals surface area contributed by atoms with Crippen molar-refractivity contribution in [2.24, 2.45) is 11.5 Å². The fourth-order valence-electron chi connectivity index (χ4n) is 1.43. The van der Waals surface area contributed by atoms with Crippen LogP contribution in [0, 0.1) is 0 Å². The van der Waals surface area contributed by atoms with E-state index in [-0.39, 0.29) is 6.61 Å². The lowest BCUT2D eigenvalue weighted by Gasteiger charge is -2.24. The van der Waals surface area contributed by atoms with Crippen molar-refractivity contribution in [1.29, 1.82) is 0 Å². The van der Waals surface area contributed by atoms with Crippen molar-refractivity contribution >= 4 is 5.91 Å². The summed E-state index contributed by atoms with van der Waals surface area (Å²) in [5.41, 5.74) is 11.0. The number of hydrogen-bond donors (Lipinski definition) is 2. The molecule has 0 saturated heterocycles. The van der Waals surface area contributed by atoms with E-state index in [1.165, 1.54) is 7.11 Å². The van der Waals surface area contributed by atoms with Gasteiger partial charge in [-0.1, -0.05) is 30.3 Å². The number of primary amides is 1. The number of carbonyl (C=O) groups is 1. The van der Waals surface area contributed by atoms with Crippen molar-refractivity contribution < 1.29 is 9.53 Å². The van der Waals surface area contributed by atoms with E-state index in [1.807, 2.05) is 30.3 Å². The maximum absolute atomic E-state index is 11.2. The minimum Gasteiger partial charge on any atom is -0.382 e. The summed E-state index contributed by atoms with van der Waals surface area (Å²) in [6.07, 6.45) is 0.386. The zero-order valence-electron chi connectivity index (χ0n) is 8.77. The third-order valence-corrected chi connectivity index (χ3v) is 2.26. The number of methoxy groups -OCH3 is 1. The van der Waals surface area contributed by atoms with Crippen LogP contribution in [0.3, 0.4) is 0 Å². The molecule has 1 unspecified atom stereocenters. The first-order valence-electron chi connectivity index (χ1n) is 4.70. The van der Waals surface area contributed by atoms with Gasteiger partial charge in [0, 0.05) is 13.5 Å². The van der Waals surface area contributed by atoms with Crippen molar-refractivity contribution in [2.75, 3.05) is 13.7 Å². The lowest BCUT2D eigenvalue weighted by atomic mass is 9.92. The highest BCUT2D eigenvalue weighted by Gasteiger charge is 2.32. The molecule has 0 bridgehead atoms. The Morgan fingerprint density at radius 1 is 1.40 bits per heavy atom. The molecule has 0 aliphatic heterocycles. The van der Waals surface area contributed by atoms with E-state index < -0.39 is 11.4 Å². The van der Waals surface area contributed by atoms with Crippen LogP contribution in [0.15, 0.2) is 30.3 Å². The van der Waals surface area contributed by atoms with Gasteiger partial charge in [-0.15, -0.1) is 0 Å². The van der Waals surface area contributed by atoms with E-state index >= 15 is 0 Å². The maximum atomic E-state index is 11.2. The number of ether oxygens (including phenoxy) is 1. The summed E-state index contributed by atoms with van der Waals surface area (Å²) < 4.78 is 4.91. The third-order valence-electron chi connectivity index (χ3n) is 2.26. The number of rotatable bonds is 5. The average molecular weight is 208 g/mol. The Morgan fingerprint density at radius 3 is 2.47 bits per heavy atom. The van der Waals surface area contributed by atoms with E-state index in [0.717, 1.165) is 5.56 Å². The minimum absolute atomic E-state index is 0.122. The molecule has 0 aromatic heterocycles. The average Bonchev–Trinajstić information content (AvgIpc) is 2.19. The highest BCUT2D eigenvalue weighted by atomic mass is 16.5. The molecule has 1 aromatic rings. The molecule has 0 fully saturated rings. The summed E-state index contributed by atoms with van der Waals surface area (Å²) >= 11 is 0. The van der Waals surface area contributed by atoms with Gasteiger partial charge in [-0.05, 0) is 5.56 Å². The second kappa shape index (κ2) is 4.91. The predicted octanol–water partition coefficient (Wildman–Crippen LogP) is 0.0583. The Morgan fingerprint density at radius 2 is 2.00 bits per heavy atom. The van der Waals surface area contributed by atoms with Crippen LogP contribution in [0.4, 0.5) is 0 Å². The normalized spacial score (nSPS) is 14.5. The standard InChI is InChI=1S/C11H16N2O2/c1-15-8-11(13,10(12)14)7-9-5-3-2-4-6-9/h2-6H,7-8,13H2,1H3,(H2,12,14). The molecule has 4 nitrogen and oxygen atoms in total. The number of amides is 1. The molecule has 1 aromatic carbocycles. The quantitative estimate of drug-likeness (QED) is 0.718. The van der Waals surface area contributed by atoms with E-state index in [1.54, 1.807) is 0 Å². The zero-order chi connectivity index (χ0) is 11.3. The number of carbonyl (C=O) groups excluding carboxylic acids is 1. The van der Waals surface area contributed by atoms with Crippen molar-refractivity contribution in [3.8, 4) is 0 Å². The topological polar surface area (TPSA) is 78.3 Å². The molecule has 4 heteroatoms. The molecule has 1 atom stereocenters. The highest BCUT2D eigenvalue weighted by Crippen LogP contribution is 2.11. The van der Waals surface area contributed by atoms with E-state index in [9.17, 15) is 4.79 Å². The van der Waals surface area contributed by atoms with Gasteiger partial charge in [0.2, 0.25) is 5.91 Å². The first kappa shape index (κ1) is 11.7. The summed E-state index contributed by atoms with van der Waals surface area (Å²) in [4.78, 5) is 11.2. The van der Waals surface area contributed by atoms with Gasteiger partial charge < -0.3 is 16.2 Å². The molecule has 1 amide bonds. The van der Waals surface area contributed by atoms with Crippen LogP contribution in [0.1, 0.15) is 5.56 Å². The zero-order valence-corrected chi connectivity index (χ0v) is 8.77. The van der Waals surface area contributed by atoms with Crippen LogP contribution in [-0.4, -0.2) is 25.2 Å². The lowest BCUT2D eigenvalue weighted by Crippen LogP contribution is -2.57. The summed E-state index contributed by atoms with van der Waals surface area (Å²) in [6, 6.07) is 9.50. The van der Waals surface area contributed by atoms with Crippen LogP contribution < -0.4 is 11.5 Å². The van der Waals surface area contributed by atoms with Crippen LogP contribution >= 0.6 is 0 Å². The number of hydrogen-bond acceptors (Lipinski definition) is 3. The summed E-state index contributed by atoms with van der Waals surface area (Å²) in [5, 5.41) is 0. The SMILES string of the molecule is COCC(N)(Cc1ccccc1)C(N)=O. The first-order chi connectivity index (χ1) is 7.08. The number of nitrogens with two attached hydrogens (primary N) is 2. The van der Waals surface area contributed by atoms with Gasteiger partial charge >= 0.3 is 0 Å². The Kier molecular flexibility index (Phi) is 3.82. The van der Waals surface area contributed by atoms with Gasteiger partial charge in [-0.25, -0.2) is 0 Å². The Hall–Kier alpha value is -1.39. The molecule has 0 heterocycles. The molecule has 0 saturated carbocycles. The summed E-state index contributed by atoms with van der Waals surface area (Å²) in [5.74, 6) is -0.548. The van der Waals surface area contributed by atoms with Gasteiger partial charge in [0.05, 0.1) is 6.61 Å². The molecule has 82 valence electrons. The third kappa shape index (κ3) is 3.04. The molecular weight excluding hydrogens is 192 g/mol. The smallest absolute Gasteiger partial charge is 0.240 e. The van der Waals surface area contributed by atoms with Crippen LogP contribution in [0.5, 0.6) is 0 Å². The van der Waals surface area contributed by atoms with Crippen molar-refractivity contribution in [2.45, 2.75) is 12.0 Å². The molecule has 15 heavy (non-hydrogen) atoms. The molecule has 0 spiro atoms. The van der Waals surface area contributed by atoms with Crippen LogP contribution in [-0.2, 0) is 16.0 Å². The van der Waals surface area contributed by atoms with Gasteiger partial charge in [-0.3, -0.25) is 4.79 Å². The molecule has 0 aliphatic carbocycles. The predicted molar refractivity (Wildman–Crippen MR) is 58.1 cm³/mol. The van der Waals surface area contributed by atoms with E-state index in [0.29, 0.717) is 6.42 Å². The maximum Gasteiger partial charge on any atom is 0.240 e. The fraction of sp³-hybridized carbons (Fsp3) is 0.364. The second-order valence-electron chi connectivity index (χ2n) is 3.62. The Bertz CT molecular complexity index is 327. The molecular formula is C11H16N2O2. The van der Waals surface area contributed by atoms with Crippen LogP contribution in [0.2, 0.25) is 0 Å². The van der Waals surface area contributed by atoms with E-state index in [2.05, 4.69) is 0 Å². The van der Waals surface area contributed by atoms with Crippen molar-refractivity contribution in [1.82, 2.24) is 0 Å². The molecule has 0 aliphatic rings. The van der Waals surface area contributed by atoms with Crippen LogP contribution in [0.25, 0.3) is 0 Å². The minimum atomic E-state index is -1.13. The van der Waals surface area contributed by atoms with Crippen molar-refractivity contribution in [3.63, 3.8) is 0 Å². The monoisotopic (exact) mass is 208 g/mol. The lowest BCUT2D eigenvalue weighted by molar-refractivity contribution is -0.125. The van der Waals surface area contributed by atoms with Gasteiger partial charge in [0.15, 0.2) is 0 Å². The fourth-order valence-corrected chi connectivity index (χ4v) is 1.43. The van der Waals surface area contributed by atoms with E-state index in [4.69, 9.17) is 16.2 Å². The Labute approximate surface area is 89.2 Å². The van der Waals surface area contributed by atoms with Crippen molar-refractivity contribution in [3.05, 3.63) is 35.9 Å². The Balaban J connectivity index is 2.80. The second-order valence-corrected chi connectivity index (χ2v) is 3.62. The number of benzene rings is 1. The summed E-state index contributed by atoms with van der Waals surface area (Å²) in [6.45, 7) is 0.122. The molecule has 1 rings (SSSR count). The highest BCUT2D eigenvalue weighted by molar-refractivity contribution is 5.85.